The van der Waals surface area contributed by atoms with E-state index in [4.69, 9.17) is 11.1 Å². The summed E-state index contributed by atoms with van der Waals surface area (Å²) in [4.78, 5) is 7.86. The van der Waals surface area contributed by atoms with Crippen LogP contribution in [0.4, 0.5) is 0 Å². The summed E-state index contributed by atoms with van der Waals surface area (Å²) in [5.74, 6) is 5.43. The van der Waals surface area contributed by atoms with E-state index in [9.17, 15) is 5.21 Å². The van der Waals surface area contributed by atoms with E-state index >= 15 is 0 Å². The monoisotopic (exact) mass is 257 g/mol. The first-order valence-electron chi connectivity index (χ1n) is 3.79. The third-order valence-corrected chi connectivity index (χ3v) is 1.97. The summed E-state index contributed by atoms with van der Waals surface area (Å²) < 4.78 is 0.744. The zero-order valence-electron chi connectivity index (χ0n) is 7.14. The van der Waals surface area contributed by atoms with Crippen molar-refractivity contribution >= 4 is 15.9 Å². The van der Waals surface area contributed by atoms with Gasteiger partial charge < -0.3 is 5.21 Å². The van der Waals surface area contributed by atoms with Gasteiger partial charge in [-0.1, -0.05) is 0 Å². The number of quaternary nitrogens is 1. The van der Waals surface area contributed by atoms with E-state index in [1.54, 1.807) is 18.5 Å². The molecule has 0 aliphatic heterocycles. The van der Waals surface area contributed by atoms with Crippen molar-refractivity contribution in [2.45, 2.75) is 12.5 Å². The largest absolute Gasteiger partial charge is 0.612 e. The summed E-state index contributed by atoms with van der Waals surface area (Å²) in [7, 11) is 0. The average molecular weight is 258 g/mol. The third kappa shape index (κ3) is 3.01. The molecular formula is C7H8BrN5O. The second-order valence-corrected chi connectivity index (χ2v) is 3.52. The van der Waals surface area contributed by atoms with Crippen molar-refractivity contribution in [1.29, 1.82) is 5.26 Å². The number of aromatic nitrogens is 2. The van der Waals surface area contributed by atoms with Crippen LogP contribution >= 0.6 is 15.9 Å². The molecule has 0 fully saturated rings. The maximum atomic E-state index is 10.7. The molecule has 0 aliphatic carbocycles. The Bertz CT molecular complexity index is 333. The zero-order valence-corrected chi connectivity index (χ0v) is 8.73. The number of nitriles is 1. The molecule has 6 nitrogen and oxygen atoms in total. The number of rotatable bonds is 3. The molecule has 1 rings (SSSR count). The van der Waals surface area contributed by atoms with Crippen molar-refractivity contribution in [3.8, 4) is 6.07 Å². The van der Waals surface area contributed by atoms with E-state index in [1.807, 2.05) is 0 Å². The second kappa shape index (κ2) is 4.97. The lowest BCUT2D eigenvalue weighted by molar-refractivity contribution is -0.879. The fourth-order valence-corrected chi connectivity index (χ4v) is 1.04. The Morgan fingerprint density at radius 2 is 2.21 bits per heavy atom. The van der Waals surface area contributed by atoms with E-state index in [1.165, 1.54) is 0 Å². The van der Waals surface area contributed by atoms with Crippen LogP contribution in [0.2, 0.25) is 0 Å². The van der Waals surface area contributed by atoms with Gasteiger partial charge in [-0.2, -0.15) is 11.1 Å². The maximum Gasteiger partial charge on any atom is 0.198 e. The minimum Gasteiger partial charge on any atom is -0.612 e. The van der Waals surface area contributed by atoms with Crippen molar-refractivity contribution in [3.63, 3.8) is 0 Å². The number of hydroxylamine groups is 1. The number of nitrogens with one attached hydrogen (secondary N) is 1. The zero-order chi connectivity index (χ0) is 10.6. The standard InChI is InChI=1S/C7H8BrN5O/c8-5-3-11-7(12-4-5)1-6(2-9)13(10)14/h3-4,6,13H,1,10H2. The normalized spacial score (nSPS) is 14.4. The van der Waals surface area contributed by atoms with Crippen molar-refractivity contribution in [2.24, 2.45) is 5.84 Å². The molecule has 0 aliphatic rings. The van der Waals surface area contributed by atoms with Gasteiger partial charge in [0.05, 0.1) is 10.9 Å². The summed E-state index contributed by atoms with van der Waals surface area (Å²) in [6.07, 6.45) is 3.26. The molecule has 3 N–H and O–H groups in total. The number of nitrogens with zero attached hydrogens (tertiary/aromatic N) is 3. The van der Waals surface area contributed by atoms with Gasteiger partial charge in [0, 0.05) is 12.4 Å². The molecule has 0 saturated carbocycles. The highest BCUT2D eigenvalue weighted by atomic mass is 79.9. The molecule has 1 aromatic heterocycles. The molecule has 1 aromatic rings. The van der Waals surface area contributed by atoms with Gasteiger partial charge in [-0.3, -0.25) is 5.17 Å². The van der Waals surface area contributed by atoms with Gasteiger partial charge >= 0.3 is 0 Å². The minimum atomic E-state index is -0.865. The molecule has 0 saturated heterocycles. The van der Waals surface area contributed by atoms with E-state index in [2.05, 4.69) is 25.9 Å². The van der Waals surface area contributed by atoms with Gasteiger partial charge in [0.2, 0.25) is 0 Å². The quantitative estimate of drug-likeness (QED) is 0.530. The number of hydrogen-bond acceptors (Lipinski definition) is 5. The van der Waals surface area contributed by atoms with Crippen molar-refractivity contribution in [3.05, 3.63) is 27.9 Å². The first kappa shape index (κ1) is 11.0. The Labute approximate surface area is 89.0 Å². The fraction of sp³-hybridized carbons (Fsp3) is 0.286. The summed E-state index contributed by atoms with van der Waals surface area (Å²) in [6, 6.07) is 0.934. The van der Waals surface area contributed by atoms with E-state index in [0.29, 0.717) is 5.82 Å². The summed E-state index contributed by atoms with van der Waals surface area (Å²) in [5, 5.41) is 18.7. The van der Waals surface area contributed by atoms with Crippen LogP contribution in [0.15, 0.2) is 16.9 Å². The lowest BCUT2D eigenvalue weighted by Gasteiger charge is -2.19. The molecule has 7 heteroatoms. The highest BCUT2D eigenvalue weighted by Gasteiger charge is 2.14. The van der Waals surface area contributed by atoms with Crippen LogP contribution in [0.5, 0.6) is 0 Å². The van der Waals surface area contributed by atoms with Crippen LogP contribution in [0.25, 0.3) is 0 Å². The lowest BCUT2D eigenvalue weighted by atomic mass is 10.2. The molecule has 0 aromatic carbocycles. The van der Waals surface area contributed by atoms with Crippen LogP contribution in [0.1, 0.15) is 5.82 Å². The fourth-order valence-electron chi connectivity index (χ4n) is 0.837. The van der Waals surface area contributed by atoms with Crippen LogP contribution in [-0.4, -0.2) is 16.0 Å². The first-order chi connectivity index (χ1) is 6.63. The van der Waals surface area contributed by atoms with Gasteiger partial charge in [-0.25, -0.2) is 9.97 Å². The molecule has 2 unspecified atom stereocenters. The maximum absolute atomic E-state index is 10.7. The topological polar surface area (TPSA) is 103 Å². The molecular weight excluding hydrogens is 250 g/mol. The number of halogens is 1. The Kier molecular flexibility index (Phi) is 3.91. The van der Waals surface area contributed by atoms with Crippen molar-refractivity contribution in [2.75, 3.05) is 0 Å². The number of nitrogens with two attached hydrogens (primary N) is 1. The molecule has 2 atom stereocenters. The lowest BCUT2D eigenvalue weighted by Crippen LogP contribution is -3.17. The second-order valence-electron chi connectivity index (χ2n) is 2.61. The van der Waals surface area contributed by atoms with Crippen LogP contribution < -0.4 is 11.0 Å². The Morgan fingerprint density at radius 1 is 1.64 bits per heavy atom. The van der Waals surface area contributed by atoms with Crippen molar-refractivity contribution < 1.29 is 5.17 Å². The van der Waals surface area contributed by atoms with E-state index in [-0.39, 0.29) is 6.42 Å². The van der Waals surface area contributed by atoms with Crippen LogP contribution in [0.3, 0.4) is 0 Å². The third-order valence-electron chi connectivity index (χ3n) is 1.56. The average Bonchev–Trinajstić information content (AvgIpc) is 2.16. The minimum absolute atomic E-state index is 0.152. The van der Waals surface area contributed by atoms with E-state index < -0.39 is 11.2 Å². The Balaban J connectivity index is 2.69. The Hall–Kier alpha value is -1.07. The SMILES string of the molecule is N#CC(Cc1ncc(Br)cn1)[NH+](N)[O-]. The summed E-state index contributed by atoms with van der Waals surface area (Å²) in [5.41, 5.74) is 0. The smallest absolute Gasteiger partial charge is 0.198 e. The van der Waals surface area contributed by atoms with Crippen LogP contribution in [0, 0.1) is 16.5 Å². The van der Waals surface area contributed by atoms with Gasteiger partial charge in [-0.15, -0.1) is 0 Å². The molecule has 0 amide bonds. The first-order valence-corrected chi connectivity index (χ1v) is 4.58. The molecule has 0 spiro atoms. The molecule has 14 heavy (non-hydrogen) atoms. The van der Waals surface area contributed by atoms with Crippen molar-refractivity contribution in [1.82, 2.24) is 9.97 Å². The number of hydrogen-bond donors (Lipinski definition) is 2. The van der Waals surface area contributed by atoms with Gasteiger partial charge in [0.25, 0.3) is 0 Å². The molecule has 1 heterocycles. The highest BCUT2D eigenvalue weighted by molar-refractivity contribution is 9.10. The summed E-state index contributed by atoms with van der Waals surface area (Å²) in [6.45, 7) is 0. The molecule has 0 bridgehead atoms. The Morgan fingerprint density at radius 3 is 2.64 bits per heavy atom. The van der Waals surface area contributed by atoms with Crippen LogP contribution in [-0.2, 0) is 6.42 Å². The van der Waals surface area contributed by atoms with Gasteiger partial charge in [-0.05, 0) is 15.9 Å². The highest BCUT2D eigenvalue weighted by Crippen LogP contribution is 2.04. The predicted molar refractivity (Wildman–Crippen MR) is 51.4 cm³/mol. The predicted octanol–water partition coefficient (Wildman–Crippen LogP) is -1.07. The molecule has 74 valence electrons. The van der Waals surface area contributed by atoms with Gasteiger partial charge in [0.15, 0.2) is 6.04 Å². The molecule has 0 radical (unpaired) electrons. The van der Waals surface area contributed by atoms with E-state index in [0.717, 1.165) is 4.47 Å². The summed E-state index contributed by atoms with van der Waals surface area (Å²) >= 11 is 3.18. The van der Waals surface area contributed by atoms with Gasteiger partial charge in [0.1, 0.15) is 11.9 Å².